The Morgan fingerprint density at radius 3 is 2.96 bits per heavy atom. The molecule has 0 spiro atoms. The number of halogens is 1. The molecule has 0 radical (unpaired) electrons. The van der Waals surface area contributed by atoms with Crippen molar-refractivity contribution < 1.29 is 28.6 Å². The van der Waals surface area contributed by atoms with Crippen LogP contribution in [-0.2, 0) is 14.3 Å². The monoisotopic (exact) mass is 410 g/mol. The van der Waals surface area contributed by atoms with Gasteiger partial charge in [0.05, 0.1) is 24.0 Å². The van der Waals surface area contributed by atoms with E-state index in [1.165, 1.54) is 24.0 Å². The van der Waals surface area contributed by atoms with E-state index in [1.54, 1.807) is 6.07 Å². The summed E-state index contributed by atoms with van der Waals surface area (Å²) in [5.41, 5.74) is 2.82. The number of amides is 3. The molecule has 0 saturated carbocycles. The van der Waals surface area contributed by atoms with Crippen molar-refractivity contribution in [3.8, 4) is 0 Å². The molecule has 3 rings (SSSR count). The molecule has 2 aliphatic rings. The van der Waals surface area contributed by atoms with Crippen molar-refractivity contribution in [2.24, 2.45) is 5.10 Å². The molecule has 3 N–H and O–H groups in total. The molecule has 3 amide bonds. The third-order valence-electron chi connectivity index (χ3n) is 4.15. The molecule has 11 heteroatoms. The number of ether oxygens (including phenoxy) is 1. The molecule has 0 bridgehead atoms. The van der Waals surface area contributed by atoms with Crippen LogP contribution in [-0.4, -0.2) is 59.1 Å². The number of carbonyl (C=O) groups is 3. The molecule has 1 saturated heterocycles. The van der Waals surface area contributed by atoms with E-state index in [-0.39, 0.29) is 48.5 Å². The van der Waals surface area contributed by atoms with E-state index in [0.717, 1.165) is 11.8 Å². The van der Waals surface area contributed by atoms with Gasteiger partial charge in [0.25, 0.3) is 5.91 Å². The van der Waals surface area contributed by atoms with Gasteiger partial charge in [-0.2, -0.15) is 5.10 Å². The van der Waals surface area contributed by atoms with Crippen LogP contribution in [0, 0.1) is 5.82 Å². The number of anilines is 1. The van der Waals surface area contributed by atoms with Crippen LogP contribution >= 0.6 is 11.8 Å². The summed E-state index contributed by atoms with van der Waals surface area (Å²) in [7, 11) is 0. The standard InChI is InChI=1S/C17H19FN4O5S/c1-9(24)19-7-11-8-22(17(26)27-11)10-2-3-12(13(18)6-10)16-21-20-15(25)14(28-16)4-5-23/h2-3,6,11,14,23H,4-5,7-8H2,1H3,(H,19,24)(H,20,25)/t11-,14?/m0/s1. The molecular weight excluding hydrogens is 391 g/mol. The summed E-state index contributed by atoms with van der Waals surface area (Å²) in [4.78, 5) is 36.0. The van der Waals surface area contributed by atoms with Crippen LogP contribution in [0.4, 0.5) is 14.9 Å². The number of hydrazone groups is 1. The van der Waals surface area contributed by atoms with Crippen LogP contribution in [0.1, 0.15) is 18.9 Å². The first-order valence-electron chi connectivity index (χ1n) is 8.56. The lowest BCUT2D eigenvalue weighted by Crippen LogP contribution is -2.36. The summed E-state index contributed by atoms with van der Waals surface area (Å²) in [6.45, 7) is 1.55. The van der Waals surface area contributed by atoms with Crippen molar-refractivity contribution in [2.45, 2.75) is 24.7 Å². The first-order valence-corrected chi connectivity index (χ1v) is 9.44. The van der Waals surface area contributed by atoms with Gasteiger partial charge >= 0.3 is 6.09 Å². The van der Waals surface area contributed by atoms with E-state index < -0.39 is 23.3 Å². The van der Waals surface area contributed by atoms with Gasteiger partial charge in [0.1, 0.15) is 17.0 Å². The van der Waals surface area contributed by atoms with E-state index in [9.17, 15) is 18.8 Å². The highest BCUT2D eigenvalue weighted by Crippen LogP contribution is 2.29. The summed E-state index contributed by atoms with van der Waals surface area (Å²) in [6.07, 6.45) is -0.918. The predicted octanol–water partition coefficient (Wildman–Crippen LogP) is 0.563. The van der Waals surface area contributed by atoms with Gasteiger partial charge in [-0.15, -0.1) is 0 Å². The third kappa shape index (κ3) is 4.42. The van der Waals surface area contributed by atoms with Gasteiger partial charge in [0.15, 0.2) is 0 Å². The Labute approximate surface area is 164 Å². The number of aliphatic hydroxyl groups is 1. The second-order valence-electron chi connectivity index (χ2n) is 6.23. The number of carbonyl (C=O) groups excluding carboxylic acids is 3. The minimum absolute atomic E-state index is 0.170. The summed E-state index contributed by atoms with van der Waals surface area (Å²) in [5, 5.41) is 15.2. The van der Waals surface area contributed by atoms with Crippen molar-refractivity contribution >= 4 is 40.4 Å². The van der Waals surface area contributed by atoms with Crippen molar-refractivity contribution in [3.63, 3.8) is 0 Å². The SMILES string of the molecule is CC(=O)NC[C@H]1CN(c2ccc(C3=NNC(=O)C(CCO)S3)c(F)c2)C(=O)O1. The van der Waals surface area contributed by atoms with Crippen molar-refractivity contribution in [1.29, 1.82) is 0 Å². The Bertz CT molecular complexity index is 834. The van der Waals surface area contributed by atoms with Crippen LogP contribution in [0.5, 0.6) is 0 Å². The highest BCUT2D eigenvalue weighted by atomic mass is 32.2. The fraction of sp³-hybridized carbons (Fsp3) is 0.412. The minimum Gasteiger partial charge on any atom is -0.442 e. The second kappa shape index (κ2) is 8.57. The molecular formula is C17H19FN4O5S. The quantitative estimate of drug-likeness (QED) is 0.630. The van der Waals surface area contributed by atoms with Crippen molar-refractivity contribution in [2.75, 3.05) is 24.6 Å². The molecule has 1 unspecified atom stereocenters. The maximum atomic E-state index is 14.7. The van der Waals surface area contributed by atoms with Gasteiger partial charge in [0, 0.05) is 19.1 Å². The first kappa shape index (κ1) is 20.1. The van der Waals surface area contributed by atoms with Gasteiger partial charge in [-0.3, -0.25) is 14.5 Å². The molecule has 1 fully saturated rings. The predicted molar refractivity (Wildman–Crippen MR) is 100 cm³/mol. The number of thioether (sulfide) groups is 1. The molecule has 150 valence electrons. The smallest absolute Gasteiger partial charge is 0.414 e. The third-order valence-corrected chi connectivity index (χ3v) is 5.42. The number of hydrogen-bond donors (Lipinski definition) is 3. The minimum atomic E-state index is -0.623. The highest BCUT2D eigenvalue weighted by molar-refractivity contribution is 8.15. The normalized spacial score (nSPS) is 21.8. The molecule has 1 aromatic rings. The Balaban J connectivity index is 1.73. The van der Waals surface area contributed by atoms with Gasteiger partial charge < -0.3 is 15.2 Å². The molecule has 2 aliphatic heterocycles. The van der Waals surface area contributed by atoms with Crippen molar-refractivity contribution in [1.82, 2.24) is 10.7 Å². The molecule has 0 aliphatic carbocycles. The van der Waals surface area contributed by atoms with Gasteiger partial charge in [-0.05, 0) is 24.6 Å². The van der Waals surface area contributed by atoms with Crippen LogP contribution < -0.4 is 15.6 Å². The van der Waals surface area contributed by atoms with Gasteiger partial charge in [0.2, 0.25) is 5.91 Å². The lowest BCUT2D eigenvalue weighted by molar-refractivity contribution is -0.121. The average molecular weight is 410 g/mol. The molecule has 28 heavy (non-hydrogen) atoms. The Morgan fingerprint density at radius 1 is 1.50 bits per heavy atom. The number of aliphatic hydroxyl groups excluding tert-OH is 1. The second-order valence-corrected chi connectivity index (χ2v) is 7.42. The fourth-order valence-corrected chi connectivity index (χ4v) is 3.81. The van der Waals surface area contributed by atoms with E-state index in [2.05, 4.69) is 15.8 Å². The summed E-state index contributed by atoms with van der Waals surface area (Å²) in [6, 6.07) is 4.22. The summed E-state index contributed by atoms with van der Waals surface area (Å²) < 4.78 is 19.9. The Kier molecular flexibility index (Phi) is 6.15. The van der Waals surface area contributed by atoms with Crippen molar-refractivity contribution in [3.05, 3.63) is 29.6 Å². The van der Waals surface area contributed by atoms with E-state index >= 15 is 0 Å². The van der Waals surface area contributed by atoms with Crippen LogP contribution in [0.25, 0.3) is 0 Å². The van der Waals surface area contributed by atoms with Crippen LogP contribution in [0.3, 0.4) is 0 Å². The maximum Gasteiger partial charge on any atom is 0.414 e. The van der Waals surface area contributed by atoms with Crippen LogP contribution in [0.2, 0.25) is 0 Å². The van der Waals surface area contributed by atoms with Crippen LogP contribution in [0.15, 0.2) is 23.3 Å². The lowest BCUT2D eigenvalue weighted by Gasteiger charge is -2.21. The van der Waals surface area contributed by atoms with E-state index in [4.69, 9.17) is 9.84 Å². The molecule has 9 nitrogen and oxygen atoms in total. The molecule has 1 aromatic carbocycles. The topological polar surface area (TPSA) is 120 Å². The highest BCUT2D eigenvalue weighted by Gasteiger charge is 2.33. The number of benzene rings is 1. The zero-order valence-corrected chi connectivity index (χ0v) is 15.8. The lowest BCUT2D eigenvalue weighted by atomic mass is 10.2. The first-order chi connectivity index (χ1) is 13.4. The summed E-state index contributed by atoms with van der Waals surface area (Å²) >= 11 is 1.07. The zero-order chi connectivity index (χ0) is 20.3. The summed E-state index contributed by atoms with van der Waals surface area (Å²) in [5.74, 6) is -1.19. The number of rotatable bonds is 6. The molecule has 2 heterocycles. The number of hydrogen-bond acceptors (Lipinski definition) is 7. The Hall–Kier alpha value is -2.66. The zero-order valence-electron chi connectivity index (χ0n) is 15.0. The van der Waals surface area contributed by atoms with Gasteiger partial charge in [-0.1, -0.05) is 11.8 Å². The molecule has 2 atom stereocenters. The van der Waals surface area contributed by atoms with E-state index in [1.807, 2.05) is 0 Å². The number of cyclic esters (lactones) is 1. The van der Waals surface area contributed by atoms with Gasteiger partial charge in [-0.25, -0.2) is 14.6 Å². The number of nitrogens with zero attached hydrogens (tertiary/aromatic N) is 2. The maximum absolute atomic E-state index is 14.7. The number of nitrogens with one attached hydrogen (secondary N) is 2. The molecule has 0 aromatic heterocycles. The largest absolute Gasteiger partial charge is 0.442 e. The Morgan fingerprint density at radius 2 is 2.29 bits per heavy atom. The average Bonchev–Trinajstić information content (AvgIpc) is 3.03. The van der Waals surface area contributed by atoms with E-state index in [0.29, 0.717) is 5.69 Å². The fourth-order valence-electron chi connectivity index (χ4n) is 2.77.